The summed E-state index contributed by atoms with van der Waals surface area (Å²) in [4.78, 5) is 36.0. The highest BCUT2D eigenvalue weighted by molar-refractivity contribution is 5.98. The first-order chi connectivity index (χ1) is 12.9. The van der Waals surface area contributed by atoms with Crippen LogP contribution in [-0.2, 0) is 14.3 Å². The van der Waals surface area contributed by atoms with E-state index in [9.17, 15) is 14.4 Å². The molecule has 0 aliphatic heterocycles. The minimum atomic E-state index is -0.998. The molecule has 0 saturated heterocycles. The van der Waals surface area contributed by atoms with Crippen LogP contribution < -0.4 is 5.32 Å². The molecule has 2 rings (SSSR count). The number of hydrogen-bond acceptors (Lipinski definition) is 5. The van der Waals surface area contributed by atoms with E-state index in [4.69, 9.17) is 10.00 Å². The van der Waals surface area contributed by atoms with Gasteiger partial charge in [-0.1, -0.05) is 29.8 Å². The topological polar surface area (TPSA) is 96.3 Å². The van der Waals surface area contributed by atoms with E-state index in [1.165, 1.54) is 6.92 Å². The summed E-state index contributed by atoms with van der Waals surface area (Å²) in [5, 5.41) is 11.4. The molecule has 2 aromatic carbocycles. The Morgan fingerprint density at radius 1 is 1.04 bits per heavy atom. The van der Waals surface area contributed by atoms with Gasteiger partial charge in [0.15, 0.2) is 11.9 Å². The van der Waals surface area contributed by atoms with Gasteiger partial charge in [0, 0.05) is 17.7 Å². The van der Waals surface area contributed by atoms with Crippen LogP contribution in [0.4, 0.5) is 5.69 Å². The van der Waals surface area contributed by atoms with Crippen LogP contribution in [0.25, 0.3) is 0 Å². The number of ether oxygens (including phenoxy) is 1. The Hall–Kier alpha value is -3.46. The highest BCUT2D eigenvalue weighted by Gasteiger charge is 2.19. The first-order valence-electron chi connectivity index (χ1n) is 8.49. The highest BCUT2D eigenvalue weighted by Crippen LogP contribution is 2.11. The molecule has 0 aliphatic rings. The maximum Gasteiger partial charge on any atom is 0.307 e. The Bertz CT molecular complexity index is 865. The average molecular weight is 364 g/mol. The molecule has 1 unspecified atom stereocenters. The van der Waals surface area contributed by atoms with Crippen LogP contribution in [0.1, 0.15) is 41.3 Å². The number of aryl methyl sites for hydroxylation is 1. The number of rotatable bonds is 7. The van der Waals surface area contributed by atoms with Crippen molar-refractivity contribution < 1.29 is 19.1 Å². The Morgan fingerprint density at radius 2 is 1.67 bits per heavy atom. The van der Waals surface area contributed by atoms with E-state index in [0.717, 1.165) is 5.56 Å². The third kappa shape index (κ3) is 6.08. The first-order valence-corrected chi connectivity index (χ1v) is 8.49. The number of anilines is 1. The molecule has 6 nitrogen and oxygen atoms in total. The Balaban J connectivity index is 1.79. The van der Waals surface area contributed by atoms with Crippen molar-refractivity contribution in [3.8, 4) is 6.07 Å². The summed E-state index contributed by atoms with van der Waals surface area (Å²) in [5.41, 5.74) is 2.57. The summed E-state index contributed by atoms with van der Waals surface area (Å²) >= 11 is 0. The minimum Gasteiger partial charge on any atom is -0.453 e. The Kier molecular flexibility index (Phi) is 6.84. The number of carbonyl (C=O) groups is 3. The summed E-state index contributed by atoms with van der Waals surface area (Å²) in [7, 11) is 0. The van der Waals surface area contributed by atoms with Gasteiger partial charge in [0.1, 0.15) is 0 Å². The third-order valence-corrected chi connectivity index (χ3v) is 3.89. The van der Waals surface area contributed by atoms with Gasteiger partial charge in [0.25, 0.3) is 5.91 Å². The molecule has 138 valence electrons. The quantitative estimate of drug-likeness (QED) is 0.600. The summed E-state index contributed by atoms with van der Waals surface area (Å²) in [6.45, 7) is 3.38. The van der Waals surface area contributed by atoms with E-state index in [0.29, 0.717) is 16.8 Å². The van der Waals surface area contributed by atoms with Crippen molar-refractivity contribution in [3.63, 3.8) is 0 Å². The lowest BCUT2D eigenvalue weighted by Crippen LogP contribution is -2.30. The molecule has 1 N–H and O–H groups in total. The van der Waals surface area contributed by atoms with Crippen LogP contribution in [0.5, 0.6) is 0 Å². The van der Waals surface area contributed by atoms with Crippen molar-refractivity contribution in [2.45, 2.75) is 32.8 Å². The fourth-order valence-corrected chi connectivity index (χ4v) is 2.28. The highest BCUT2D eigenvalue weighted by atomic mass is 16.5. The number of ketones is 1. The number of nitrogens with one attached hydrogen (secondary N) is 1. The van der Waals surface area contributed by atoms with Gasteiger partial charge >= 0.3 is 5.97 Å². The zero-order valence-electron chi connectivity index (χ0n) is 15.2. The lowest BCUT2D eigenvalue weighted by Gasteiger charge is -2.13. The molecule has 0 saturated carbocycles. The summed E-state index contributed by atoms with van der Waals surface area (Å²) < 4.78 is 5.08. The molecule has 0 aromatic heterocycles. The predicted molar refractivity (Wildman–Crippen MR) is 100 cm³/mol. The van der Waals surface area contributed by atoms with Gasteiger partial charge in [-0.05, 0) is 38.1 Å². The lowest BCUT2D eigenvalue weighted by atomic mass is 10.1. The molecule has 0 bridgehead atoms. The molecule has 0 heterocycles. The van der Waals surface area contributed by atoms with E-state index in [1.807, 2.05) is 25.1 Å². The van der Waals surface area contributed by atoms with Crippen molar-refractivity contribution in [3.05, 3.63) is 65.2 Å². The largest absolute Gasteiger partial charge is 0.453 e. The lowest BCUT2D eigenvalue weighted by molar-refractivity contribution is -0.153. The third-order valence-electron chi connectivity index (χ3n) is 3.89. The van der Waals surface area contributed by atoms with E-state index in [2.05, 4.69) is 5.32 Å². The van der Waals surface area contributed by atoms with E-state index >= 15 is 0 Å². The minimum absolute atomic E-state index is 0.0197. The average Bonchev–Trinajstić information content (AvgIpc) is 2.67. The van der Waals surface area contributed by atoms with E-state index in [-0.39, 0.29) is 18.6 Å². The Labute approximate surface area is 157 Å². The molecule has 27 heavy (non-hydrogen) atoms. The second-order valence-electron chi connectivity index (χ2n) is 6.10. The number of esters is 1. The van der Waals surface area contributed by atoms with Crippen molar-refractivity contribution in [2.24, 2.45) is 0 Å². The van der Waals surface area contributed by atoms with Gasteiger partial charge in [-0.2, -0.15) is 5.26 Å². The SMILES string of the molecule is Cc1ccc(C(=O)CCC(=O)OC(C)C(=O)Nc2ccc(C#N)cc2)cc1. The van der Waals surface area contributed by atoms with Gasteiger partial charge < -0.3 is 10.1 Å². The summed E-state index contributed by atoms with van der Waals surface area (Å²) in [6, 6.07) is 15.4. The number of carbonyl (C=O) groups excluding carboxylic acids is 3. The molecular formula is C21H20N2O4. The molecule has 2 aromatic rings. The number of nitrogens with zero attached hydrogens (tertiary/aromatic N) is 1. The van der Waals surface area contributed by atoms with Crippen LogP contribution >= 0.6 is 0 Å². The van der Waals surface area contributed by atoms with E-state index < -0.39 is 18.0 Å². The second-order valence-corrected chi connectivity index (χ2v) is 6.10. The monoisotopic (exact) mass is 364 g/mol. The molecule has 0 radical (unpaired) electrons. The molecule has 0 aliphatic carbocycles. The number of Topliss-reactive ketones (excluding diaryl/α,β-unsaturated/α-hetero) is 1. The van der Waals surface area contributed by atoms with Crippen LogP contribution in [0.3, 0.4) is 0 Å². The van der Waals surface area contributed by atoms with Gasteiger partial charge in [0.05, 0.1) is 18.1 Å². The van der Waals surface area contributed by atoms with Crippen LogP contribution in [-0.4, -0.2) is 23.8 Å². The van der Waals surface area contributed by atoms with E-state index in [1.54, 1.807) is 36.4 Å². The molecule has 6 heteroatoms. The van der Waals surface area contributed by atoms with Crippen molar-refractivity contribution in [2.75, 3.05) is 5.32 Å². The fourth-order valence-electron chi connectivity index (χ4n) is 2.28. The van der Waals surface area contributed by atoms with Crippen LogP contribution in [0.2, 0.25) is 0 Å². The zero-order chi connectivity index (χ0) is 19.8. The smallest absolute Gasteiger partial charge is 0.307 e. The normalized spacial score (nSPS) is 11.1. The second kappa shape index (κ2) is 9.30. The number of hydrogen-bond donors (Lipinski definition) is 1. The number of benzene rings is 2. The maximum atomic E-state index is 12.1. The molecular weight excluding hydrogens is 344 g/mol. The molecule has 0 spiro atoms. The standard InChI is InChI=1S/C21H20N2O4/c1-14-3-7-17(8-4-14)19(24)11-12-20(25)27-15(2)21(26)23-18-9-5-16(13-22)6-10-18/h3-10,15H,11-12H2,1-2H3,(H,23,26). The van der Waals surface area contributed by atoms with Crippen molar-refractivity contribution >= 4 is 23.3 Å². The predicted octanol–water partition coefficient (Wildman–Crippen LogP) is 3.40. The first kappa shape index (κ1) is 19.9. The zero-order valence-corrected chi connectivity index (χ0v) is 15.2. The Morgan fingerprint density at radius 3 is 2.26 bits per heavy atom. The van der Waals surface area contributed by atoms with Gasteiger partial charge in [0.2, 0.25) is 0 Å². The van der Waals surface area contributed by atoms with Crippen LogP contribution in [0.15, 0.2) is 48.5 Å². The van der Waals surface area contributed by atoms with Gasteiger partial charge in [-0.15, -0.1) is 0 Å². The molecule has 1 atom stereocenters. The summed E-state index contributed by atoms with van der Waals surface area (Å²) in [5.74, 6) is -1.25. The van der Waals surface area contributed by atoms with Crippen molar-refractivity contribution in [1.82, 2.24) is 0 Å². The van der Waals surface area contributed by atoms with Gasteiger partial charge in [-0.25, -0.2) is 0 Å². The van der Waals surface area contributed by atoms with Crippen molar-refractivity contribution in [1.29, 1.82) is 5.26 Å². The maximum absolute atomic E-state index is 12.1. The fraction of sp³-hybridized carbons (Fsp3) is 0.238. The summed E-state index contributed by atoms with van der Waals surface area (Å²) in [6.07, 6.45) is -1.07. The number of amides is 1. The number of nitriles is 1. The van der Waals surface area contributed by atoms with Crippen LogP contribution in [0, 0.1) is 18.3 Å². The molecule has 1 amide bonds. The molecule has 0 fully saturated rings. The van der Waals surface area contributed by atoms with Gasteiger partial charge in [-0.3, -0.25) is 14.4 Å².